The summed E-state index contributed by atoms with van der Waals surface area (Å²) in [5.41, 5.74) is 3.95. The fourth-order valence-corrected chi connectivity index (χ4v) is 2.05. The summed E-state index contributed by atoms with van der Waals surface area (Å²) in [6.45, 7) is 2.48. The monoisotopic (exact) mass is 268 g/mol. The number of amides is 1. The molecule has 0 atom stereocenters. The summed E-state index contributed by atoms with van der Waals surface area (Å²) >= 11 is 0. The zero-order chi connectivity index (χ0) is 14.5. The zero-order valence-corrected chi connectivity index (χ0v) is 12.2. The van der Waals surface area contributed by atoms with Crippen molar-refractivity contribution in [1.29, 1.82) is 0 Å². The summed E-state index contributed by atoms with van der Waals surface area (Å²) in [6, 6.07) is 15.8. The van der Waals surface area contributed by atoms with Gasteiger partial charge in [-0.3, -0.25) is 4.79 Å². The molecule has 2 aromatic rings. The highest BCUT2D eigenvalue weighted by Gasteiger charge is 2.07. The Morgan fingerprint density at radius 3 is 2.55 bits per heavy atom. The van der Waals surface area contributed by atoms with Crippen LogP contribution in [0.3, 0.4) is 0 Å². The van der Waals surface area contributed by atoms with Crippen molar-refractivity contribution < 1.29 is 4.79 Å². The van der Waals surface area contributed by atoms with Crippen molar-refractivity contribution in [3.05, 3.63) is 65.2 Å². The molecule has 1 N–H and O–H groups in total. The molecule has 0 unspecified atom stereocenters. The van der Waals surface area contributed by atoms with Crippen molar-refractivity contribution in [2.45, 2.75) is 13.5 Å². The van der Waals surface area contributed by atoms with E-state index < -0.39 is 0 Å². The van der Waals surface area contributed by atoms with Crippen LogP contribution in [0.25, 0.3) is 0 Å². The zero-order valence-electron chi connectivity index (χ0n) is 12.2. The number of benzene rings is 2. The molecule has 0 saturated heterocycles. The minimum absolute atomic E-state index is 0.0293. The molecule has 0 aliphatic carbocycles. The van der Waals surface area contributed by atoms with Crippen LogP contribution in [0, 0.1) is 6.92 Å². The summed E-state index contributed by atoms with van der Waals surface area (Å²) in [5, 5.41) is 2.96. The normalized spacial score (nSPS) is 10.2. The van der Waals surface area contributed by atoms with Gasteiger partial charge in [0.25, 0.3) is 5.91 Å². The van der Waals surface area contributed by atoms with E-state index in [-0.39, 0.29) is 5.91 Å². The fraction of sp³-hybridized carbons (Fsp3) is 0.235. The fourth-order valence-electron chi connectivity index (χ4n) is 2.05. The summed E-state index contributed by atoms with van der Waals surface area (Å²) in [7, 11) is 4.01. The van der Waals surface area contributed by atoms with Gasteiger partial charge in [0, 0.05) is 31.9 Å². The smallest absolute Gasteiger partial charge is 0.251 e. The second kappa shape index (κ2) is 6.24. The third-order valence-corrected chi connectivity index (χ3v) is 3.27. The van der Waals surface area contributed by atoms with Crippen LogP contribution in [0.4, 0.5) is 5.69 Å². The number of hydrogen-bond acceptors (Lipinski definition) is 2. The van der Waals surface area contributed by atoms with E-state index in [0.29, 0.717) is 6.54 Å². The molecule has 0 aliphatic rings. The van der Waals surface area contributed by atoms with Gasteiger partial charge in [0.1, 0.15) is 0 Å². The van der Waals surface area contributed by atoms with Crippen molar-refractivity contribution in [2.75, 3.05) is 19.0 Å². The summed E-state index contributed by atoms with van der Waals surface area (Å²) in [4.78, 5) is 14.2. The van der Waals surface area contributed by atoms with Crippen LogP contribution in [0.15, 0.2) is 48.5 Å². The van der Waals surface area contributed by atoms with Crippen LogP contribution < -0.4 is 10.2 Å². The van der Waals surface area contributed by atoms with Gasteiger partial charge >= 0.3 is 0 Å². The third-order valence-electron chi connectivity index (χ3n) is 3.27. The van der Waals surface area contributed by atoms with Gasteiger partial charge in [-0.15, -0.1) is 0 Å². The maximum Gasteiger partial charge on any atom is 0.251 e. The summed E-state index contributed by atoms with van der Waals surface area (Å²) < 4.78 is 0. The molecule has 104 valence electrons. The molecule has 0 spiro atoms. The molecule has 3 heteroatoms. The van der Waals surface area contributed by atoms with E-state index >= 15 is 0 Å². The number of carbonyl (C=O) groups is 1. The molecule has 0 saturated carbocycles. The van der Waals surface area contributed by atoms with E-state index in [4.69, 9.17) is 0 Å². The Labute approximate surface area is 120 Å². The van der Waals surface area contributed by atoms with Crippen LogP contribution in [0.1, 0.15) is 21.5 Å². The Morgan fingerprint density at radius 1 is 1.10 bits per heavy atom. The minimum Gasteiger partial charge on any atom is -0.378 e. The molecule has 0 fully saturated rings. The van der Waals surface area contributed by atoms with E-state index in [1.807, 2.05) is 68.4 Å². The van der Waals surface area contributed by atoms with Crippen LogP contribution in [-0.2, 0) is 6.54 Å². The van der Waals surface area contributed by atoms with Gasteiger partial charge in [-0.05, 0) is 36.2 Å². The molecule has 2 aromatic carbocycles. The van der Waals surface area contributed by atoms with E-state index in [9.17, 15) is 4.79 Å². The first-order valence-electron chi connectivity index (χ1n) is 6.68. The number of rotatable bonds is 4. The lowest BCUT2D eigenvalue weighted by Crippen LogP contribution is -2.23. The maximum absolute atomic E-state index is 12.1. The number of nitrogens with one attached hydrogen (secondary N) is 1. The van der Waals surface area contributed by atoms with Gasteiger partial charge in [0.05, 0.1) is 0 Å². The number of hydrogen-bond donors (Lipinski definition) is 1. The Morgan fingerprint density at radius 2 is 1.85 bits per heavy atom. The first-order chi connectivity index (χ1) is 9.58. The highest BCUT2D eigenvalue weighted by molar-refractivity contribution is 5.95. The lowest BCUT2D eigenvalue weighted by molar-refractivity contribution is 0.0950. The van der Waals surface area contributed by atoms with E-state index in [1.165, 1.54) is 0 Å². The largest absolute Gasteiger partial charge is 0.378 e. The minimum atomic E-state index is -0.0293. The van der Waals surface area contributed by atoms with E-state index in [0.717, 1.165) is 22.4 Å². The number of nitrogens with zero attached hydrogens (tertiary/aromatic N) is 1. The molecule has 2 rings (SSSR count). The van der Waals surface area contributed by atoms with Gasteiger partial charge in [-0.2, -0.15) is 0 Å². The topological polar surface area (TPSA) is 32.3 Å². The SMILES string of the molecule is Cc1ccccc1C(=O)NCc1cccc(N(C)C)c1. The lowest BCUT2D eigenvalue weighted by Gasteiger charge is -2.14. The average molecular weight is 268 g/mol. The second-order valence-corrected chi connectivity index (χ2v) is 5.06. The molecule has 0 bridgehead atoms. The van der Waals surface area contributed by atoms with Crippen molar-refractivity contribution >= 4 is 11.6 Å². The first kappa shape index (κ1) is 14.1. The molecule has 0 heterocycles. The van der Waals surface area contributed by atoms with Crippen molar-refractivity contribution in [1.82, 2.24) is 5.32 Å². The number of aryl methyl sites for hydroxylation is 1. The lowest BCUT2D eigenvalue weighted by atomic mass is 10.1. The standard InChI is InChI=1S/C17H20N2O/c1-13-7-4-5-10-16(13)17(20)18-12-14-8-6-9-15(11-14)19(2)3/h4-11H,12H2,1-3H3,(H,18,20). The highest BCUT2D eigenvalue weighted by atomic mass is 16.1. The molecule has 1 amide bonds. The van der Waals surface area contributed by atoms with Crippen molar-refractivity contribution in [3.63, 3.8) is 0 Å². The predicted molar refractivity (Wildman–Crippen MR) is 83.1 cm³/mol. The van der Waals surface area contributed by atoms with Crippen LogP contribution in [0.2, 0.25) is 0 Å². The second-order valence-electron chi connectivity index (χ2n) is 5.06. The molecule has 3 nitrogen and oxygen atoms in total. The van der Waals surface area contributed by atoms with Crippen molar-refractivity contribution in [2.24, 2.45) is 0 Å². The van der Waals surface area contributed by atoms with Gasteiger partial charge < -0.3 is 10.2 Å². The molecule has 0 aliphatic heterocycles. The Balaban J connectivity index is 2.04. The molecular weight excluding hydrogens is 248 g/mol. The highest BCUT2D eigenvalue weighted by Crippen LogP contribution is 2.13. The van der Waals surface area contributed by atoms with Gasteiger partial charge in [-0.25, -0.2) is 0 Å². The summed E-state index contributed by atoms with van der Waals surface area (Å²) in [6.07, 6.45) is 0. The van der Waals surface area contributed by atoms with E-state index in [2.05, 4.69) is 11.4 Å². The maximum atomic E-state index is 12.1. The van der Waals surface area contributed by atoms with Crippen LogP contribution in [0.5, 0.6) is 0 Å². The Kier molecular flexibility index (Phi) is 4.41. The number of carbonyl (C=O) groups excluding carboxylic acids is 1. The Bertz CT molecular complexity index is 605. The molecule has 20 heavy (non-hydrogen) atoms. The quantitative estimate of drug-likeness (QED) is 0.924. The average Bonchev–Trinajstić information content (AvgIpc) is 2.45. The summed E-state index contributed by atoms with van der Waals surface area (Å²) in [5.74, 6) is -0.0293. The predicted octanol–water partition coefficient (Wildman–Crippen LogP) is 2.99. The third kappa shape index (κ3) is 3.38. The Hall–Kier alpha value is -2.29. The first-order valence-corrected chi connectivity index (χ1v) is 6.68. The van der Waals surface area contributed by atoms with Gasteiger partial charge in [0.2, 0.25) is 0 Å². The number of anilines is 1. The van der Waals surface area contributed by atoms with Crippen molar-refractivity contribution in [3.8, 4) is 0 Å². The van der Waals surface area contributed by atoms with E-state index in [1.54, 1.807) is 0 Å². The molecule has 0 aromatic heterocycles. The van der Waals surface area contributed by atoms with Gasteiger partial charge in [0.15, 0.2) is 0 Å². The van der Waals surface area contributed by atoms with Gasteiger partial charge in [-0.1, -0.05) is 30.3 Å². The van der Waals surface area contributed by atoms with Crippen LogP contribution >= 0.6 is 0 Å². The van der Waals surface area contributed by atoms with Crippen LogP contribution in [-0.4, -0.2) is 20.0 Å². The molecular formula is C17H20N2O. The molecule has 0 radical (unpaired) electrons.